The number of carbonyl (C=O) groups excluding carboxylic acids is 1. The van der Waals surface area contributed by atoms with Crippen LogP contribution in [0.4, 0.5) is 5.69 Å². The lowest BCUT2D eigenvalue weighted by atomic mass is 10.0. The number of aryl methyl sites for hydroxylation is 1. The second-order valence-corrected chi connectivity index (χ2v) is 4.74. The molecule has 0 aliphatic carbocycles. The van der Waals surface area contributed by atoms with E-state index in [2.05, 4.69) is 10.6 Å². The first kappa shape index (κ1) is 13.5. The fourth-order valence-electron chi connectivity index (χ4n) is 2.32. The van der Waals surface area contributed by atoms with Crippen LogP contribution in [0.5, 0.6) is 0 Å². The van der Waals surface area contributed by atoms with Crippen LogP contribution in [-0.2, 0) is 0 Å². The Labute approximate surface area is 111 Å². The zero-order valence-electron chi connectivity index (χ0n) is 10.8. The summed E-state index contributed by atoms with van der Waals surface area (Å²) < 4.78 is 0. The van der Waals surface area contributed by atoms with Crippen molar-refractivity contribution >= 4 is 11.6 Å². The van der Waals surface area contributed by atoms with E-state index in [1.54, 1.807) is 19.1 Å². The predicted molar refractivity (Wildman–Crippen MR) is 71.2 cm³/mol. The lowest BCUT2D eigenvalue weighted by Gasteiger charge is -2.23. The van der Waals surface area contributed by atoms with Crippen LogP contribution in [0.2, 0.25) is 0 Å². The van der Waals surface area contributed by atoms with E-state index in [-0.39, 0.29) is 23.2 Å². The molecule has 2 rings (SSSR count). The summed E-state index contributed by atoms with van der Waals surface area (Å²) in [5, 5.41) is 17.1. The van der Waals surface area contributed by atoms with Crippen molar-refractivity contribution in [1.82, 2.24) is 10.6 Å². The molecule has 0 unspecified atom stereocenters. The van der Waals surface area contributed by atoms with Crippen molar-refractivity contribution in [2.45, 2.75) is 25.8 Å². The predicted octanol–water partition coefficient (Wildman–Crippen LogP) is 1.39. The number of benzene rings is 1. The first-order valence-electron chi connectivity index (χ1n) is 6.35. The number of amides is 1. The number of carbonyl (C=O) groups is 1. The van der Waals surface area contributed by atoms with Gasteiger partial charge in [-0.15, -0.1) is 0 Å². The standard InChI is InChI=1S/C13H17N3O3/c1-9-4-2-6-11(12(9)16(18)19)13(17)15-10-5-3-7-14-8-10/h2,4,6,10,14H,3,5,7-8H2,1H3,(H,15,17)/t10-/m0/s1. The maximum Gasteiger partial charge on any atom is 0.285 e. The van der Waals surface area contributed by atoms with E-state index in [1.165, 1.54) is 6.07 Å². The molecule has 1 fully saturated rings. The van der Waals surface area contributed by atoms with Gasteiger partial charge in [-0.3, -0.25) is 14.9 Å². The van der Waals surface area contributed by atoms with Gasteiger partial charge in [-0.1, -0.05) is 12.1 Å². The third kappa shape index (κ3) is 3.08. The fourth-order valence-corrected chi connectivity index (χ4v) is 2.32. The second kappa shape index (κ2) is 5.79. The Bertz CT molecular complexity index is 496. The molecule has 0 spiro atoms. The maximum absolute atomic E-state index is 12.1. The summed E-state index contributed by atoms with van der Waals surface area (Å²) in [7, 11) is 0. The molecule has 0 bridgehead atoms. The van der Waals surface area contributed by atoms with Crippen molar-refractivity contribution in [2.75, 3.05) is 13.1 Å². The average molecular weight is 263 g/mol. The SMILES string of the molecule is Cc1cccc(C(=O)N[C@H]2CCCNC2)c1[N+](=O)[O-]. The number of nitro groups is 1. The van der Waals surface area contributed by atoms with Crippen molar-refractivity contribution in [3.63, 3.8) is 0 Å². The van der Waals surface area contributed by atoms with Crippen LogP contribution in [0.1, 0.15) is 28.8 Å². The molecule has 19 heavy (non-hydrogen) atoms. The molecule has 6 nitrogen and oxygen atoms in total. The first-order valence-corrected chi connectivity index (χ1v) is 6.35. The van der Waals surface area contributed by atoms with Gasteiger partial charge >= 0.3 is 0 Å². The summed E-state index contributed by atoms with van der Waals surface area (Å²) >= 11 is 0. The van der Waals surface area contributed by atoms with Gasteiger partial charge in [0.2, 0.25) is 0 Å². The van der Waals surface area contributed by atoms with Gasteiger partial charge in [0.05, 0.1) is 4.92 Å². The van der Waals surface area contributed by atoms with Gasteiger partial charge in [-0.25, -0.2) is 0 Å². The number of hydrogen-bond donors (Lipinski definition) is 2. The van der Waals surface area contributed by atoms with Gasteiger partial charge in [-0.2, -0.15) is 0 Å². The molecule has 1 aliphatic rings. The molecule has 0 saturated carbocycles. The maximum atomic E-state index is 12.1. The van der Waals surface area contributed by atoms with E-state index < -0.39 is 4.92 Å². The molecule has 1 saturated heterocycles. The van der Waals surface area contributed by atoms with Crippen LogP contribution >= 0.6 is 0 Å². The fraction of sp³-hybridized carbons (Fsp3) is 0.462. The average Bonchev–Trinajstić information content (AvgIpc) is 2.39. The van der Waals surface area contributed by atoms with Crippen LogP contribution in [0.25, 0.3) is 0 Å². The van der Waals surface area contributed by atoms with Crippen molar-refractivity contribution in [1.29, 1.82) is 0 Å². The number of nitro benzene ring substituents is 1. The molecule has 1 aliphatic heterocycles. The van der Waals surface area contributed by atoms with Crippen molar-refractivity contribution < 1.29 is 9.72 Å². The van der Waals surface area contributed by atoms with Gasteiger partial charge in [0.1, 0.15) is 5.56 Å². The molecule has 1 amide bonds. The van der Waals surface area contributed by atoms with Gasteiger partial charge in [0.25, 0.3) is 11.6 Å². The molecular weight excluding hydrogens is 246 g/mol. The third-order valence-electron chi connectivity index (χ3n) is 3.30. The molecule has 1 aromatic carbocycles. The molecule has 2 N–H and O–H groups in total. The minimum absolute atomic E-state index is 0.0429. The lowest BCUT2D eigenvalue weighted by Crippen LogP contribution is -2.45. The van der Waals surface area contributed by atoms with E-state index in [0.717, 1.165) is 19.4 Å². The Morgan fingerprint density at radius 3 is 2.95 bits per heavy atom. The highest BCUT2D eigenvalue weighted by atomic mass is 16.6. The van der Waals surface area contributed by atoms with Crippen LogP contribution in [-0.4, -0.2) is 30.0 Å². The molecule has 6 heteroatoms. The molecule has 1 heterocycles. The van der Waals surface area contributed by atoms with Gasteiger partial charge < -0.3 is 10.6 Å². The molecule has 0 radical (unpaired) electrons. The summed E-state index contributed by atoms with van der Waals surface area (Å²) in [6.07, 6.45) is 1.90. The quantitative estimate of drug-likeness (QED) is 0.637. The zero-order chi connectivity index (χ0) is 13.8. The number of nitrogens with one attached hydrogen (secondary N) is 2. The van der Waals surface area contributed by atoms with Crippen molar-refractivity contribution in [3.05, 3.63) is 39.4 Å². The number of nitrogens with zero attached hydrogens (tertiary/aromatic N) is 1. The Kier molecular flexibility index (Phi) is 4.11. The number of para-hydroxylation sites is 1. The first-order chi connectivity index (χ1) is 9.09. The summed E-state index contributed by atoms with van der Waals surface area (Å²) in [6.45, 7) is 3.30. The highest BCUT2D eigenvalue weighted by Gasteiger charge is 2.24. The van der Waals surface area contributed by atoms with Gasteiger partial charge in [0.15, 0.2) is 0 Å². The van der Waals surface area contributed by atoms with E-state index >= 15 is 0 Å². The molecular formula is C13H17N3O3. The summed E-state index contributed by atoms with van der Waals surface area (Å²) in [4.78, 5) is 22.7. The summed E-state index contributed by atoms with van der Waals surface area (Å²) in [5.74, 6) is -0.371. The van der Waals surface area contributed by atoms with E-state index in [1.807, 2.05) is 0 Å². The van der Waals surface area contributed by atoms with Crippen LogP contribution in [0.3, 0.4) is 0 Å². The number of hydrogen-bond acceptors (Lipinski definition) is 4. The van der Waals surface area contributed by atoms with Crippen LogP contribution in [0, 0.1) is 17.0 Å². The second-order valence-electron chi connectivity index (χ2n) is 4.74. The van der Waals surface area contributed by atoms with Crippen LogP contribution in [0.15, 0.2) is 18.2 Å². The smallest absolute Gasteiger partial charge is 0.285 e. The normalized spacial score (nSPS) is 18.9. The molecule has 102 valence electrons. The Morgan fingerprint density at radius 2 is 2.32 bits per heavy atom. The Morgan fingerprint density at radius 1 is 1.53 bits per heavy atom. The van der Waals surface area contributed by atoms with E-state index in [4.69, 9.17) is 0 Å². The summed E-state index contributed by atoms with van der Waals surface area (Å²) in [5.41, 5.74) is 0.527. The Balaban J connectivity index is 2.18. The highest BCUT2D eigenvalue weighted by Crippen LogP contribution is 2.23. The van der Waals surface area contributed by atoms with Gasteiger partial charge in [0, 0.05) is 18.2 Å². The third-order valence-corrected chi connectivity index (χ3v) is 3.30. The van der Waals surface area contributed by atoms with Crippen LogP contribution < -0.4 is 10.6 Å². The molecule has 1 atom stereocenters. The number of rotatable bonds is 3. The lowest BCUT2D eigenvalue weighted by molar-refractivity contribution is -0.385. The van der Waals surface area contributed by atoms with Crippen molar-refractivity contribution in [2.24, 2.45) is 0 Å². The number of piperidine rings is 1. The minimum atomic E-state index is -0.497. The topological polar surface area (TPSA) is 84.3 Å². The molecule has 0 aromatic heterocycles. The zero-order valence-corrected chi connectivity index (χ0v) is 10.8. The van der Waals surface area contributed by atoms with E-state index in [9.17, 15) is 14.9 Å². The highest BCUT2D eigenvalue weighted by molar-refractivity contribution is 5.98. The van der Waals surface area contributed by atoms with E-state index in [0.29, 0.717) is 12.1 Å². The largest absolute Gasteiger partial charge is 0.348 e. The monoisotopic (exact) mass is 263 g/mol. The minimum Gasteiger partial charge on any atom is -0.348 e. The summed E-state index contributed by atoms with van der Waals surface area (Å²) in [6, 6.07) is 4.84. The molecule has 1 aromatic rings. The van der Waals surface area contributed by atoms with Crippen molar-refractivity contribution in [3.8, 4) is 0 Å². The Hall–Kier alpha value is -1.95. The van der Waals surface area contributed by atoms with Gasteiger partial charge in [-0.05, 0) is 32.4 Å².